The second kappa shape index (κ2) is 6.83. The number of hydrogen-bond acceptors (Lipinski definition) is 4. The van der Waals surface area contributed by atoms with E-state index in [-0.39, 0.29) is 0 Å². The first-order valence-electron chi connectivity index (χ1n) is 6.30. The molecule has 0 fully saturated rings. The molecule has 0 aromatic heterocycles. The molecule has 4 nitrogen and oxygen atoms in total. The second-order valence-electron chi connectivity index (χ2n) is 4.27. The summed E-state index contributed by atoms with van der Waals surface area (Å²) in [6.07, 6.45) is 0. The van der Waals surface area contributed by atoms with E-state index >= 15 is 0 Å². The maximum Gasteiger partial charge on any atom is 0.340 e. The number of benzene rings is 2. The molecule has 0 aliphatic carbocycles. The maximum atomic E-state index is 11.8. The van der Waals surface area contributed by atoms with Gasteiger partial charge in [-0.05, 0) is 59.3 Å². The van der Waals surface area contributed by atoms with Crippen LogP contribution in [0.4, 0.5) is 17.1 Å². The van der Waals surface area contributed by atoms with Gasteiger partial charge in [0.1, 0.15) is 0 Å². The Balaban J connectivity index is 2.31. The van der Waals surface area contributed by atoms with Crippen LogP contribution >= 0.6 is 27.5 Å². The summed E-state index contributed by atoms with van der Waals surface area (Å²) in [5.41, 5.74) is 8.03. The number of ether oxygens (including phenoxy) is 1. The van der Waals surface area contributed by atoms with Gasteiger partial charge in [0.15, 0.2) is 0 Å². The molecule has 0 amide bonds. The molecule has 0 bridgehead atoms. The minimum absolute atomic E-state index is 0.301. The van der Waals surface area contributed by atoms with Crippen LogP contribution in [0.15, 0.2) is 40.9 Å². The summed E-state index contributed by atoms with van der Waals surface area (Å²) in [6, 6.07) is 10.5. The summed E-state index contributed by atoms with van der Waals surface area (Å²) in [7, 11) is 0. The van der Waals surface area contributed by atoms with Gasteiger partial charge >= 0.3 is 5.97 Å². The first-order valence-corrected chi connectivity index (χ1v) is 7.47. The van der Waals surface area contributed by atoms with E-state index in [1.807, 2.05) is 6.07 Å². The molecule has 21 heavy (non-hydrogen) atoms. The SMILES string of the molecule is CCOC(=O)c1cc(Nc2cc(Cl)ccc2Br)ccc1N. The molecule has 0 radical (unpaired) electrons. The van der Waals surface area contributed by atoms with E-state index < -0.39 is 5.97 Å². The van der Waals surface area contributed by atoms with Crippen LogP contribution in [0.25, 0.3) is 0 Å². The highest BCUT2D eigenvalue weighted by Gasteiger charge is 2.12. The Morgan fingerprint density at radius 1 is 1.33 bits per heavy atom. The fraction of sp³-hybridized carbons (Fsp3) is 0.133. The number of carbonyl (C=O) groups is 1. The zero-order valence-electron chi connectivity index (χ0n) is 11.3. The van der Waals surface area contributed by atoms with E-state index in [1.165, 1.54) is 0 Å². The maximum absolute atomic E-state index is 11.8. The molecule has 0 unspecified atom stereocenters. The topological polar surface area (TPSA) is 64.3 Å². The Hall–Kier alpha value is -1.72. The third kappa shape index (κ3) is 3.89. The van der Waals surface area contributed by atoms with Crippen LogP contribution in [0.2, 0.25) is 5.02 Å². The molecule has 0 aliphatic heterocycles. The van der Waals surface area contributed by atoms with Crippen molar-refractivity contribution in [2.24, 2.45) is 0 Å². The average Bonchev–Trinajstić information content (AvgIpc) is 2.45. The molecule has 0 atom stereocenters. The van der Waals surface area contributed by atoms with Crippen molar-refractivity contribution < 1.29 is 9.53 Å². The van der Waals surface area contributed by atoms with Crippen LogP contribution < -0.4 is 11.1 Å². The lowest BCUT2D eigenvalue weighted by atomic mass is 10.1. The van der Waals surface area contributed by atoms with E-state index in [1.54, 1.807) is 37.3 Å². The Morgan fingerprint density at radius 2 is 2.10 bits per heavy atom. The standard InChI is InChI=1S/C15H14BrClN2O2/c1-2-21-15(20)11-8-10(4-6-13(11)18)19-14-7-9(17)3-5-12(14)16/h3-8,19H,2,18H2,1H3. The minimum atomic E-state index is -0.441. The monoisotopic (exact) mass is 368 g/mol. The number of esters is 1. The number of nitrogens with two attached hydrogens (primary N) is 1. The normalized spacial score (nSPS) is 10.2. The van der Waals surface area contributed by atoms with Crippen molar-refractivity contribution in [1.29, 1.82) is 0 Å². The van der Waals surface area contributed by atoms with Gasteiger partial charge in [-0.25, -0.2) is 4.79 Å². The van der Waals surface area contributed by atoms with Gasteiger partial charge in [-0.1, -0.05) is 11.6 Å². The Kier molecular flexibility index (Phi) is 5.09. The summed E-state index contributed by atoms with van der Waals surface area (Å²) >= 11 is 9.41. The van der Waals surface area contributed by atoms with Gasteiger partial charge in [0.05, 0.1) is 17.9 Å². The fourth-order valence-corrected chi connectivity index (χ4v) is 2.29. The largest absolute Gasteiger partial charge is 0.462 e. The number of hydrogen-bond donors (Lipinski definition) is 2. The molecule has 0 spiro atoms. The molecule has 0 heterocycles. The second-order valence-corrected chi connectivity index (χ2v) is 5.56. The highest BCUT2D eigenvalue weighted by molar-refractivity contribution is 9.10. The van der Waals surface area contributed by atoms with Gasteiger partial charge < -0.3 is 15.8 Å². The molecule has 2 aromatic carbocycles. The number of anilines is 3. The van der Waals surface area contributed by atoms with Gasteiger partial charge in [0.2, 0.25) is 0 Å². The highest BCUT2D eigenvalue weighted by atomic mass is 79.9. The van der Waals surface area contributed by atoms with E-state index in [0.29, 0.717) is 22.9 Å². The summed E-state index contributed by atoms with van der Waals surface area (Å²) in [4.78, 5) is 11.8. The lowest BCUT2D eigenvalue weighted by Crippen LogP contribution is -2.08. The summed E-state index contributed by atoms with van der Waals surface area (Å²) in [6.45, 7) is 2.05. The Morgan fingerprint density at radius 3 is 2.81 bits per heavy atom. The van der Waals surface area contributed by atoms with Crippen LogP contribution in [-0.4, -0.2) is 12.6 Å². The van der Waals surface area contributed by atoms with Crippen LogP contribution in [0.5, 0.6) is 0 Å². The molecule has 2 rings (SSSR count). The van der Waals surface area contributed by atoms with Gasteiger partial charge in [0, 0.05) is 20.9 Å². The van der Waals surface area contributed by atoms with Crippen LogP contribution in [-0.2, 0) is 4.74 Å². The fourth-order valence-electron chi connectivity index (χ4n) is 1.77. The van der Waals surface area contributed by atoms with Gasteiger partial charge in [-0.15, -0.1) is 0 Å². The third-order valence-corrected chi connectivity index (χ3v) is 3.68. The summed E-state index contributed by atoms with van der Waals surface area (Å²) in [5.74, 6) is -0.441. The molecular formula is C15H14BrClN2O2. The number of carbonyl (C=O) groups excluding carboxylic acids is 1. The van der Waals surface area contributed by atoms with Crippen molar-refractivity contribution in [2.45, 2.75) is 6.92 Å². The number of nitrogens with one attached hydrogen (secondary N) is 1. The molecule has 2 aromatic rings. The first-order chi connectivity index (χ1) is 10.0. The number of halogens is 2. The summed E-state index contributed by atoms with van der Waals surface area (Å²) < 4.78 is 5.84. The van der Waals surface area contributed by atoms with Crippen molar-refractivity contribution in [3.05, 3.63) is 51.5 Å². The molecule has 0 saturated heterocycles. The van der Waals surface area contributed by atoms with Gasteiger partial charge in [-0.2, -0.15) is 0 Å². The van der Waals surface area contributed by atoms with Crippen molar-refractivity contribution in [1.82, 2.24) is 0 Å². The highest BCUT2D eigenvalue weighted by Crippen LogP contribution is 2.30. The van der Waals surface area contributed by atoms with Crippen LogP contribution in [0, 0.1) is 0 Å². The zero-order valence-corrected chi connectivity index (χ0v) is 13.7. The van der Waals surface area contributed by atoms with Crippen molar-refractivity contribution >= 4 is 50.6 Å². The molecule has 3 N–H and O–H groups in total. The third-order valence-electron chi connectivity index (χ3n) is 2.76. The zero-order chi connectivity index (χ0) is 15.4. The van der Waals surface area contributed by atoms with E-state index in [9.17, 15) is 4.79 Å². The van der Waals surface area contributed by atoms with Gasteiger partial charge in [-0.3, -0.25) is 0 Å². The first kappa shape index (κ1) is 15.7. The number of nitrogen functional groups attached to an aromatic ring is 1. The van der Waals surface area contributed by atoms with E-state index in [0.717, 1.165) is 15.8 Å². The van der Waals surface area contributed by atoms with Crippen molar-refractivity contribution in [3.63, 3.8) is 0 Å². The van der Waals surface area contributed by atoms with E-state index in [4.69, 9.17) is 22.1 Å². The predicted molar refractivity (Wildman–Crippen MR) is 89.2 cm³/mol. The molecule has 0 saturated carbocycles. The van der Waals surface area contributed by atoms with Gasteiger partial charge in [0.25, 0.3) is 0 Å². The summed E-state index contributed by atoms with van der Waals surface area (Å²) in [5, 5.41) is 3.80. The Bertz CT molecular complexity index is 677. The molecule has 0 aliphatic rings. The Labute approximate surface area is 136 Å². The van der Waals surface area contributed by atoms with Crippen molar-refractivity contribution in [2.75, 3.05) is 17.7 Å². The minimum Gasteiger partial charge on any atom is -0.462 e. The lowest BCUT2D eigenvalue weighted by molar-refractivity contribution is 0.0527. The number of rotatable bonds is 4. The van der Waals surface area contributed by atoms with Crippen molar-refractivity contribution in [3.8, 4) is 0 Å². The molecule has 6 heteroatoms. The average molecular weight is 370 g/mol. The quantitative estimate of drug-likeness (QED) is 0.610. The smallest absolute Gasteiger partial charge is 0.340 e. The predicted octanol–water partition coefficient (Wildman–Crippen LogP) is 4.61. The van der Waals surface area contributed by atoms with Crippen LogP contribution in [0.1, 0.15) is 17.3 Å². The lowest BCUT2D eigenvalue weighted by Gasteiger charge is -2.12. The van der Waals surface area contributed by atoms with Crippen LogP contribution in [0.3, 0.4) is 0 Å². The molecule has 110 valence electrons. The molecular weight excluding hydrogens is 356 g/mol. The van der Waals surface area contributed by atoms with E-state index in [2.05, 4.69) is 21.2 Å².